The first kappa shape index (κ1) is 24.1. The van der Waals surface area contributed by atoms with Crippen molar-refractivity contribution >= 4 is 50.4 Å². The summed E-state index contributed by atoms with van der Waals surface area (Å²) in [7, 11) is -3.61. The summed E-state index contributed by atoms with van der Waals surface area (Å²) in [5, 5.41) is 4.32. The molecule has 0 fully saturated rings. The van der Waals surface area contributed by atoms with E-state index in [0.717, 1.165) is 38.6 Å². The molecule has 3 aromatic carbocycles. The monoisotopic (exact) mass is 508 g/mol. The number of carbonyl (C=O) groups excluding carboxylic acids is 1. The summed E-state index contributed by atoms with van der Waals surface area (Å²) in [4.78, 5) is 14.2. The lowest BCUT2D eigenvalue weighted by Gasteiger charge is -2.19. The lowest BCUT2D eigenvalue weighted by Crippen LogP contribution is -2.19. The van der Waals surface area contributed by atoms with Crippen molar-refractivity contribution in [3.05, 3.63) is 107 Å². The third kappa shape index (κ3) is 5.70. The highest BCUT2D eigenvalue weighted by atomic mass is 32.2. The van der Waals surface area contributed by atoms with Crippen molar-refractivity contribution in [1.82, 2.24) is 0 Å². The first-order chi connectivity index (χ1) is 16.3. The van der Waals surface area contributed by atoms with E-state index in [9.17, 15) is 13.2 Å². The molecule has 8 heteroatoms. The fraction of sp³-hybridized carbons (Fsp3) is 0.115. The molecule has 0 aliphatic rings. The predicted octanol–water partition coefficient (Wildman–Crippen LogP) is 6.64. The van der Waals surface area contributed by atoms with Crippen LogP contribution in [0.25, 0.3) is 0 Å². The van der Waals surface area contributed by atoms with Gasteiger partial charge < -0.3 is 5.32 Å². The van der Waals surface area contributed by atoms with Gasteiger partial charge in [0.15, 0.2) is 0 Å². The van der Waals surface area contributed by atoms with Crippen molar-refractivity contribution < 1.29 is 13.2 Å². The minimum Gasteiger partial charge on any atom is -0.325 e. The van der Waals surface area contributed by atoms with Crippen LogP contribution in [0.4, 0.5) is 11.4 Å². The Morgan fingerprint density at radius 3 is 2.29 bits per heavy atom. The van der Waals surface area contributed by atoms with E-state index in [1.54, 1.807) is 29.6 Å². The smallest absolute Gasteiger partial charge is 0.271 e. The lowest BCUT2D eigenvalue weighted by molar-refractivity contribution is -0.115. The Bertz CT molecular complexity index is 1370. The Balaban J connectivity index is 1.54. The van der Waals surface area contributed by atoms with Gasteiger partial charge in [0.2, 0.25) is 5.91 Å². The van der Waals surface area contributed by atoms with Gasteiger partial charge in [0, 0.05) is 16.3 Å². The second-order valence-corrected chi connectivity index (χ2v) is 11.7. The van der Waals surface area contributed by atoms with Gasteiger partial charge in [0.1, 0.15) is 9.46 Å². The number of thioether (sulfide) groups is 1. The molecule has 1 amide bonds. The SMILES string of the molecule is Cc1cccc(NC(=O)C(Sc2ccc(NS(=O)(=O)c3cccs3)cc2)c2ccccc2)c1C. The van der Waals surface area contributed by atoms with Gasteiger partial charge in [-0.2, -0.15) is 0 Å². The Kier molecular flexibility index (Phi) is 7.41. The maximum atomic E-state index is 13.3. The van der Waals surface area contributed by atoms with Gasteiger partial charge in [-0.1, -0.05) is 48.5 Å². The van der Waals surface area contributed by atoms with E-state index < -0.39 is 15.3 Å². The normalized spacial score (nSPS) is 12.2. The number of hydrogen-bond donors (Lipinski definition) is 2. The molecule has 1 aromatic heterocycles. The van der Waals surface area contributed by atoms with Crippen LogP contribution in [0.1, 0.15) is 21.9 Å². The van der Waals surface area contributed by atoms with Crippen LogP contribution < -0.4 is 10.0 Å². The van der Waals surface area contributed by atoms with Crippen LogP contribution in [0.3, 0.4) is 0 Å². The zero-order valence-corrected chi connectivity index (χ0v) is 21.1. The molecule has 0 radical (unpaired) electrons. The molecule has 1 unspecified atom stereocenters. The molecule has 2 N–H and O–H groups in total. The van der Waals surface area contributed by atoms with E-state index >= 15 is 0 Å². The third-order valence-electron chi connectivity index (χ3n) is 5.32. The fourth-order valence-electron chi connectivity index (χ4n) is 3.35. The topological polar surface area (TPSA) is 75.3 Å². The highest BCUT2D eigenvalue weighted by molar-refractivity contribution is 8.00. The molecule has 0 spiro atoms. The Hall–Kier alpha value is -3.07. The molecular weight excluding hydrogens is 484 g/mol. The van der Waals surface area contributed by atoms with Gasteiger partial charge in [0.05, 0.1) is 0 Å². The van der Waals surface area contributed by atoms with E-state index in [4.69, 9.17) is 0 Å². The molecule has 4 rings (SSSR count). The number of thiophene rings is 1. The van der Waals surface area contributed by atoms with E-state index in [1.165, 1.54) is 11.8 Å². The quantitative estimate of drug-likeness (QED) is 0.262. The Morgan fingerprint density at radius 2 is 1.62 bits per heavy atom. The number of amides is 1. The minimum atomic E-state index is -3.61. The summed E-state index contributed by atoms with van der Waals surface area (Å²) in [6.07, 6.45) is 0. The number of hydrogen-bond acceptors (Lipinski definition) is 5. The van der Waals surface area contributed by atoms with Crippen LogP contribution >= 0.6 is 23.1 Å². The van der Waals surface area contributed by atoms with Crippen molar-refractivity contribution in [2.45, 2.75) is 28.2 Å². The summed E-state index contributed by atoms with van der Waals surface area (Å²) >= 11 is 2.58. The molecule has 0 saturated heterocycles. The average molecular weight is 509 g/mol. The van der Waals surface area contributed by atoms with E-state index in [0.29, 0.717) is 5.69 Å². The second kappa shape index (κ2) is 10.5. The number of carbonyl (C=O) groups is 1. The minimum absolute atomic E-state index is 0.118. The molecule has 4 aromatic rings. The Morgan fingerprint density at radius 1 is 0.882 bits per heavy atom. The summed E-state index contributed by atoms with van der Waals surface area (Å²) in [6, 6.07) is 25.8. The molecule has 0 saturated carbocycles. The van der Waals surface area contributed by atoms with Gasteiger partial charge in [0.25, 0.3) is 10.0 Å². The Labute approximate surface area is 208 Å². The number of anilines is 2. The van der Waals surface area contributed by atoms with Crippen LogP contribution in [-0.4, -0.2) is 14.3 Å². The first-order valence-electron chi connectivity index (χ1n) is 10.6. The summed E-state index contributed by atoms with van der Waals surface area (Å²) in [5.74, 6) is -0.118. The number of aryl methyl sites for hydroxylation is 1. The lowest BCUT2D eigenvalue weighted by atomic mass is 10.1. The molecule has 0 aliphatic heterocycles. The molecular formula is C26H24N2O3S3. The molecule has 5 nitrogen and oxygen atoms in total. The first-order valence-corrected chi connectivity index (χ1v) is 13.8. The van der Waals surface area contributed by atoms with Gasteiger partial charge in [-0.05, 0) is 72.3 Å². The highest BCUT2D eigenvalue weighted by Gasteiger charge is 2.23. The van der Waals surface area contributed by atoms with E-state index in [2.05, 4.69) is 10.0 Å². The molecule has 34 heavy (non-hydrogen) atoms. The molecule has 174 valence electrons. The summed E-state index contributed by atoms with van der Waals surface area (Å²) in [6.45, 7) is 4.01. The van der Waals surface area contributed by atoms with Crippen molar-refractivity contribution in [3.8, 4) is 0 Å². The number of rotatable bonds is 8. The van der Waals surface area contributed by atoms with Crippen LogP contribution in [0.15, 0.2) is 99.4 Å². The van der Waals surface area contributed by atoms with Crippen molar-refractivity contribution in [1.29, 1.82) is 0 Å². The van der Waals surface area contributed by atoms with Crippen molar-refractivity contribution in [2.75, 3.05) is 10.0 Å². The molecule has 0 bridgehead atoms. The van der Waals surface area contributed by atoms with E-state index in [-0.39, 0.29) is 10.1 Å². The van der Waals surface area contributed by atoms with E-state index in [1.807, 2.05) is 74.5 Å². The number of nitrogens with one attached hydrogen (secondary N) is 2. The van der Waals surface area contributed by atoms with Crippen LogP contribution in [0, 0.1) is 13.8 Å². The standard InChI is InChI=1S/C26H24N2O3S3/c1-18-8-6-11-23(19(18)2)27-26(29)25(20-9-4-3-5-10-20)33-22-15-13-21(14-16-22)28-34(30,31)24-12-7-17-32-24/h3-17,25,28H,1-2H3,(H,27,29). The van der Waals surface area contributed by atoms with Crippen LogP contribution in [0.5, 0.6) is 0 Å². The molecule has 1 heterocycles. The fourth-order valence-corrected chi connectivity index (χ4v) is 6.42. The maximum absolute atomic E-state index is 13.3. The van der Waals surface area contributed by atoms with Crippen molar-refractivity contribution in [2.24, 2.45) is 0 Å². The maximum Gasteiger partial charge on any atom is 0.271 e. The summed E-state index contributed by atoms with van der Waals surface area (Å²) in [5.41, 5.74) is 4.30. The second-order valence-electron chi connectivity index (χ2n) is 7.71. The zero-order chi connectivity index (χ0) is 24.1. The van der Waals surface area contributed by atoms with Crippen molar-refractivity contribution in [3.63, 3.8) is 0 Å². The molecule has 0 aliphatic carbocycles. The highest BCUT2D eigenvalue weighted by Crippen LogP contribution is 2.37. The summed E-state index contributed by atoms with van der Waals surface area (Å²) < 4.78 is 27.8. The van der Waals surface area contributed by atoms with Gasteiger partial charge in [-0.15, -0.1) is 23.1 Å². The predicted molar refractivity (Wildman–Crippen MR) is 141 cm³/mol. The molecule has 1 atom stereocenters. The van der Waals surface area contributed by atoms with Gasteiger partial charge in [-0.3, -0.25) is 9.52 Å². The van der Waals surface area contributed by atoms with Crippen LogP contribution in [-0.2, 0) is 14.8 Å². The number of sulfonamides is 1. The number of benzene rings is 3. The third-order valence-corrected chi connectivity index (χ3v) is 9.37. The van der Waals surface area contributed by atoms with Gasteiger partial charge in [-0.25, -0.2) is 8.42 Å². The average Bonchev–Trinajstić information content (AvgIpc) is 3.38. The van der Waals surface area contributed by atoms with Gasteiger partial charge >= 0.3 is 0 Å². The largest absolute Gasteiger partial charge is 0.325 e. The van der Waals surface area contributed by atoms with Crippen LogP contribution in [0.2, 0.25) is 0 Å². The zero-order valence-electron chi connectivity index (χ0n) is 18.7.